The fraction of sp³-hybridized carbons (Fsp3) is 0.900. The lowest BCUT2D eigenvalue weighted by Crippen LogP contribution is -2.23. The van der Waals surface area contributed by atoms with Crippen LogP contribution in [0.2, 0.25) is 0 Å². The highest BCUT2D eigenvalue weighted by molar-refractivity contribution is 8.08. The third-order valence-corrected chi connectivity index (χ3v) is 5.70. The van der Waals surface area contributed by atoms with E-state index in [0.717, 1.165) is 13.1 Å². The Morgan fingerprint density at radius 1 is 1.29 bits per heavy atom. The van der Waals surface area contributed by atoms with Crippen LogP contribution in [0.4, 0.5) is 0 Å². The molecule has 0 fully saturated rings. The van der Waals surface area contributed by atoms with Gasteiger partial charge in [-0.3, -0.25) is 0 Å². The number of aliphatic hydroxyl groups is 1. The molecule has 0 rings (SSSR count). The van der Waals surface area contributed by atoms with Crippen LogP contribution in [0.5, 0.6) is 0 Å². The largest absolute Gasteiger partial charge is 0.396 e. The van der Waals surface area contributed by atoms with Gasteiger partial charge in [0.2, 0.25) is 0 Å². The van der Waals surface area contributed by atoms with Crippen LogP contribution in [0, 0.1) is 11.3 Å². The van der Waals surface area contributed by atoms with Crippen molar-refractivity contribution in [2.24, 2.45) is 0 Å². The van der Waals surface area contributed by atoms with Gasteiger partial charge in [-0.25, -0.2) is 4.67 Å². The zero-order valence-electron chi connectivity index (χ0n) is 10.5. The summed E-state index contributed by atoms with van der Waals surface area (Å²) < 4.78 is 13.2. The summed E-state index contributed by atoms with van der Waals surface area (Å²) in [5.41, 5.74) is 0. The van der Waals surface area contributed by atoms with Crippen molar-refractivity contribution in [2.45, 2.75) is 26.7 Å². The molecule has 0 saturated heterocycles. The first-order chi connectivity index (χ1) is 8.14. The topological polar surface area (TPSA) is 65.7 Å². The van der Waals surface area contributed by atoms with Crippen molar-refractivity contribution in [3.63, 3.8) is 0 Å². The standard InChI is InChI=1S/C10H21N2O3PS/c1-3-12(4-2)16(17,14-9-5-7-11)15-10-6-8-13/h13H,3-6,8-10H2,1-2H3. The molecule has 5 nitrogen and oxygen atoms in total. The molecule has 0 bridgehead atoms. The number of nitrogens with zero attached hydrogens (tertiary/aromatic N) is 2. The number of aliphatic hydroxyl groups excluding tert-OH is 1. The SMILES string of the molecule is CCN(CC)P(=S)(OCCC#N)OCCCO. The second-order valence-corrected chi connectivity index (χ2v) is 6.66. The zero-order chi connectivity index (χ0) is 13.1. The van der Waals surface area contributed by atoms with E-state index in [-0.39, 0.29) is 6.61 Å². The van der Waals surface area contributed by atoms with Crippen molar-refractivity contribution in [2.75, 3.05) is 32.9 Å². The van der Waals surface area contributed by atoms with E-state index >= 15 is 0 Å². The lowest BCUT2D eigenvalue weighted by Gasteiger charge is -2.31. The van der Waals surface area contributed by atoms with Crippen LogP contribution in [0.15, 0.2) is 0 Å². The van der Waals surface area contributed by atoms with Gasteiger partial charge >= 0.3 is 0 Å². The number of rotatable bonds is 10. The summed E-state index contributed by atoms with van der Waals surface area (Å²) in [5, 5.41) is 17.2. The molecule has 0 radical (unpaired) electrons. The molecule has 0 spiro atoms. The maximum atomic E-state index is 8.73. The van der Waals surface area contributed by atoms with Crippen molar-refractivity contribution in [3.05, 3.63) is 0 Å². The quantitative estimate of drug-likeness (QED) is 0.487. The maximum absolute atomic E-state index is 8.73. The van der Waals surface area contributed by atoms with Gasteiger partial charge in [0, 0.05) is 19.7 Å². The fourth-order valence-corrected chi connectivity index (χ4v) is 4.14. The number of hydrogen-bond acceptors (Lipinski definition) is 5. The summed E-state index contributed by atoms with van der Waals surface area (Å²) >= 11 is 5.45. The minimum absolute atomic E-state index is 0.0752. The van der Waals surface area contributed by atoms with Gasteiger partial charge in [-0.15, -0.1) is 0 Å². The molecule has 0 saturated carbocycles. The fourth-order valence-electron chi connectivity index (χ4n) is 1.22. The highest BCUT2D eigenvalue weighted by atomic mass is 32.5. The highest BCUT2D eigenvalue weighted by Gasteiger charge is 2.25. The monoisotopic (exact) mass is 280 g/mol. The van der Waals surface area contributed by atoms with Gasteiger partial charge in [0.1, 0.15) is 0 Å². The van der Waals surface area contributed by atoms with E-state index in [4.69, 9.17) is 31.2 Å². The van der Waals surface area contributed by atoms with E-state index in [0.29, 0.717) is 26.1 Å². The first kappa shape index (κ1) is 17.0. The summed E-state index contributed by atoms with van der Waals surface area (Å²) in [4.78, 5) is 0. The molecule has 1 atom stereocenters. The van der Waals surface area contributed by atoms with E-state index in [2.05, 4.69) is 0 Å². The average Bonchev–Trinajstić information content (AvgIpc) is 2.31. The Bertz CT molecular complexity index is 279. The summed E-state index contributed by atoms with van der Waals surface area (Å²) in [5.74, 6) is 0. The van der Waals surface area contributed by atoms with Gasteiger partial charge < -0.3 is 14.2 Å². The molecule has 0 amide bonds. The van der Waals surface area contributed by atoms with Gasteiger partial charge in [-0.2, -0.15) is 5.26 Å². The van der Waals surface area contributed by atoms with E-state index in [1.165, 1.54) is 0 Å². The van der Waals surface area contributed by atoms with Crippen LogP contribution in [-0.4, -0.2) is 42.7 Å². The zero-order valence-corrected chi connectivity index (χ0v) is 12.2. The summed E-state index contributed by atoms with van der Waals surface area (Å²) in [7, 11) is 0. The number of nitriles is 1. The Morgan fingerprint density at radius 3 is 2.35 bits per heavy atom. The minimum atomic E-state index is -2.48. The van der Waals surface area contributed by atoms with Gasteiger partial charge in [0.05, 0.1) is 25.7 Å². The Balaban J connectivity index is 4.45. The van der Waals surface area contributed by atoms with Gasteiger partial charge in [0.15, 0.2) is 0 Å². The average molecular weight is 280 g/mol. The molecule has 1 N–H and O–H groups in total. The maximum Gasteiger partial charge on any atom is 0.263 e. The molecule has 100 valence electrons. The van der Waals surface area contributed by atoms with Gasteiger partial charge in [0.25, 0.3) is 6.64 Å². The molecule has 0 aliphatic carbocycles. The van der Waals surface area contributed by atoms with Crippen LogP contribution in [-0.2, 0) is 20.9 Å². The Kier molecular flexibility index (Phi) is 9.94. The molecule has 0 aromatic heterocycles. The van der Waals surface area contributed by atoms with Crippen molar-refractivity contribution < 1.29 is 14.2 Å². The molecule has 0 aromatic carbocycles. The highest BCUT2D eigenvalue weighted by Crippen LogP contribution is 2.52. The predicted molar refractivity (Wildman–Crippen MR) is 71.0 cm³/mol. The van der Waals surface area contributed by atoms with Gasteiger partial charge in [-0.1, -0.05) is 13.8 Å². The van der Waals surface area contributed by atoms with Crippen LogP contribution in [0.1, 0.15) is 26.7 Å². The third-order valence-electron chi connectivity index (χ3n) is 2.10. The first-order valence-corrected chi connectivity index (χ1v) is 8.36. The Morgan fingerprint density at radius 2 is 1.88 bits per heavy atom. The van der Waals surface area contributed by atoms with E-state index in [9.17, 15) is 0 Å². The molecular formula is C10H21N2O3PS. The molecule has 0 aliphatic heterocycles. The second-order valence-electron chi connectivity index (χ2n) is 3.26. The van der Waals surface area contributed by atoms with Gasteiger partial charge in [-0.05, 0) is 18.2 Å². The van der Waals surface area contributed by atoms with Crippen LogP contribution >= 0.6 is 6.64 Å². The number of hydrogen-bond donors (Lipinski definition) is 1. The summed E-state index contributed by atoms with van der Waals surface area (Å²) in [6.07, 6.45) is 0.851. The minimum Gasteiger partial charge on any atom is -0.396 e. The predicted octanol–water partition coefficient (Wildman–Crippen LogP) is 1.88. The molecule has 0 heterocycles. The molecular weight excluding hydrogens is 259 g/mol. The van der Waals surface area contributed by atoms with E-state index in [1.807, 2.05) is 24.6 Å². The van der Waals surface area contributed by atoms with E-state index in [1.54, 1.807) is 0 Å². The van der Waals surface area contributed by atoms with Crippen molar-refractivity contribution >= 4 is 18.4 Å². The summed E-state index contributed by atoms with van der Waals surface area (Å²) in [6.45, 7) is 3.76. The Labute approximate surface area is 109 Å². The first-order valence-electron chi connectivity index (χ1n) is 5.77. The molecule has 0 aromatic rings. The van der Waals surface area contributed by atoms with Crippen molar-refractivity contribution in [1.82, 2.24) is 4.67 Å². The van der Waals surface area contributed by atoms with Crippen LogP contribution < -0.4 is 0 Å². The molecule has 7 heteroatoms. The van der Waals surface area contributed by atoms with Crippen LogP contribution in [0.25, 0.3) is 0 Å². The lowest BCUT2D eigenvalue weighted by molar-refractivity contribution is 0.187. The van der Waals surface area contributed by atoms with Crippen molar-refractivity contribution in [3.8, 4) is 6.07 Å². The lowest BCUT2D eigenvalue weighted by atomic mass is 10.5. The summed E-state index contributed by atoms with van der Waals surface area (Å²) in [6, 6.07) is 2.01. The Hall–Kier alpha value is -0.0200. The van der Waals surface area contributed by atoms with E-state index < -0.39 is 6.64 Å². The smallest absolute Gasteiger partial charge is 0.263 e. The second kappa shape index (κ2) is 9.95. The molecule has 1 unspecified atom stereocenters. The van der Waals surface area contributed by atoms with Crippen LogP contribution in [0.3, 0.4) is 0 Å². The molecule has 17 heavy (non-hydrogen) atoms. The normalized spacial score (nSPS) is 14.5. The third kappa shape index (κ3) is 6.46. The molecule has 0 aliphatic rings. The van der Waals surface area contributed by atoms with Crippen molar-refractivity contribution in [1.29, 1.82) is 5.26 Å².